The third-order valence-electron chi connectivity index (χ3n) is 4.39. The standard InChI is InChI=1S/C20H27NO4Si/c1-20(2,3)26(17-10-6-4-7-11-17,18-12-8-5-9-13-18)24-15-16(14-22)25-19(21)23/h4-13,16,22H,14-15H2,1-3H3,(H2,21,23). The number of ether oxygens (including phenoxy) is 1. The highest BCUT2D eigenvalue weighted by Gasteiger charge is 2.50. The van der Waals surface area contributed by atoms with Gasteiger partial charge in [-0.25, -0.2) is 4.79 Å². The van der Waals surface area contributed by atoms with E-state index in [9.17, 15) is 9.90 Å². The highest BCUT2D eigenvalue weighted by molar-refractivity contribution is 6.99. The maximum absolute atomic E-state index is 11.1. The van der Waals surface area contributed by atoms with Crippen LogP contribution in [-0.4, -0.2) is 38.8 Å². The first kappa shape index (κ1) is 20.2. The van der Waals surface area contributed by atoms with Gasteiger partial charge < -0.3 is 20.0 Å². The molecule has 0 aromatic heterocycles. The molecule has 2 aromatic rings. The van der Waals surface area contributed by atoms with E-state index in [4.69, 9.17) is 14.9 Å². The quantitative estimate of drug-likeness (QED) is 0.728. The van der Waals surface area contributed by atoms with Crippen LogP contribution >= 0.6 is 0 Å². The maximum Gasteiger partial charge on any atom is 0.404 e. The lowest BCUT2D eigenvalue weighted by Crippen LogP contribution is -2.67. The smallest absolute Gasteiger partial charge is 0.404 e. The topological polar surface area (TPSA) is 81.8 Å². The Hall–Kier alpha value is -2.15. The summed E-state index contributed by atoms with van der Waals surface area (Å²) in [7, 11) is -2.72. The Morgan fingerprint density at radius 1 is 1.04 bits per heavy atom. The minimum absolute atomic E-state index is 0.0761. The van der Waals surface area contributed by atoms with Gasteiger partial charge in [-0.05, 0) is 15.4 Å². The minimum atomic E-state index is -2.72. The van der Waals surface area contributed by atoms with Crippen LogP contribution in [-0.2, 0) is 9.16 Å². The van der Waals surface area contributed by atoms with Gasteiger partial charge in [-0.1, -0.05) is 81.4 Å². The van der Waals surface area contributed by atoms with Gasteiger partial charge in [0.25, 0.3) is 8.32 Å². The van der Waals surface area contributed by atoms with Gasteiger partial charge >= 0.3 is 6.09 Å². The molecule has 0 aliphatic carbocycles. The summed E-state index contributed by atoms with van der Waals surface area (Å²) in [6.45, 7) is 6.19. The molecule has 5 nitrogen and oxygen atoms in total. The van der Waals surface area contributed by atoms with Gasteiger partial charge in [-0.15, -0.1) is 0 Å². The molecule has 6 heteroatoms. The number of aliphatic hydroxyl groups is 1. The Bertz CT molecular complexity index is 661. The lowest BCUT2D eigenvalue weighted by atomic mass is 10.2. The molecule has 1 atom stereocenters. The molecule has 0 heterocycles. The molecule has 2 rings (SSSR count). The van der Waals surface area contributed by atoms with Crippen LogP contribution in [0.4, 0.5) is 4.79 Å². The van der Waals surface area contributed by atoms with Crippen LogP contribution in [0.2, 0.25) is 5.04 Å². The number of aliphatic hydroxyl groups excluding tert-OH is 1. The number of nitrogens with two attached hydrogens (primary N) is 1. The molecular weight excluding hydrogens is 346 g/mol. The highest BCUT2D eigenvalue weighted by atomic mass is 28.4. The first-order valence-corrected chi connectivity index (χ1v) is 10.5. The molecule has 0 aliphatic heterocycles. The monoisotopic (exact) mass is 373 g/mol. The zero-order valence-corrected chi connectivity index (χ0v) is 16.5. The molecule has 2 aromatic carbocycles. The van der Waals surface area contributed by atoms with Crippen molar-refractivity contribution in [2.45, 2.75) is 31.9 Å². The summed E-state index contributed by atoms with van der Waals surface area (Å²) in [5.74, 6) is 0. The van der Waals surface area contributed by atoms with Gasteiger partial charge in [0.15, 0.2) is 0 Å². The van der Waals surface area contributed by atoms with Crippen molar-refractivity contribution in [1.29, 1.82) is 0 Å². The number of amides is 1. The molecule has 0 bridgehead atoms. The third-order valence-corrected chi connectivity index (χ3v) is 9.39. The Balaban J connectivity index is 2.52. The van der Waals surface area contributed by atoms with Crippen molar-refractivity contribution >= 4 is 24.8 Å². The summed E-state index contributed by atoms with van der Waals surface area (Å²) in [5.41, 5.74) is 5.10. The Labute approximate surface area is 155 Å². The number of benzene rings is 2. The molecule has 1 unspecified atom stereocenters. The third kappa shape index (κ3) is 4.33. The number of hydrogen-bond donors (Lipinski definition) is 2. The molecule has 140 valence electrons. The second-order valence-electron chi connectivity index (χ2n) is 7.22. The van der Waals surface area contributed by atoms with E-state index in [1.54, 1.807) is 0 Å². The fourth-order valence-electron chi connectivity index (χ4n) is 3.27. The molecule has 0 saturated heterocycles. The zero-order chi connectivity index (χ0) is 19.2. The first-order valence-electron chi connectivity index (χ1n) is 8.63. The summed E-state index contributed by atoms with van der Waals surface area (Å²) >= 11 is 0. The predicted molar refractivity (Wildman–Crippen MR) is 105 cm³/mol. The van der Waals surface area contributed by atoms with Crippen molar-refractivity contribution in [2.24, 2.45) is 5.73 Å². The van der Waals surface area contributed by atoms with E-state index >= 15 is 0 Å². The zero-order valence-electron chi connectivity index (χ0n) is 15.5. The van der Waals surface area contributed by atoms with Crippen molar-refractivity contribution in [1.82, 2.24) is 0 Å². The van der Waals surface area contributed by atoms with Gasteiger partial charge in [0.2, 0.25) is 0 Å². The van der Waals surface area contributed by atoms with Crippen molar-refractivity contribution in [2.75, 3.05) is 13.2 Å². The average Bonchev–Trinajstić information content (AvgIpc) is 2.61. The number of carbonyl (C=O) groups is 1. The van der Waals surface area contributed by atoms with E-state index in [1.165, 1.54) is 0 Å². The summed E-state index contributed by atoms with van der Waals surface area (Å²) < 4.78 is 11.5. The number of hydrogen-bond acceptors (Lipinski definition) is 4. The van der Waals surface area contributed by atoms with Crippen LogP contribution in [0.3, 0.4) is 0 Å². The van der Waals surface area contributed by atoms with Crippen LogP contribution in [0.5, 0.6) is 0 Å². The van der Waals surface area contributed by atoms with Crippen molar-refractivity contribution in [3.8, 4) is 0 Å². The van der Waals surface area contributed by atoms with E-state index in [2.05, 4.69) is 45.0 Å². The van der Waals surface area contributed by atoms with Gasteiger partial charge in [0, 0.05) is 0 Å². The maximum atomic E-state index is 11.1. The second-order valence-corrected chi connectivity index (χ2v) is 11.5. The van der Waals surface area contributed by atoms with Gasteiger partial charge in [0.05, 0.1) is 13.2 Å². The minimum Gasteiger partial charge on any atom is -0.442 e. The molecular formula is C20H27NO4Si. The van der Waals surface area contributed by atoms with Crippen molar-refractivity contribution in [3.05, 3.63) is 60.7 Å². The fraction of sp³-hybridized carbons (Fsp3) is 0.350. The van der Waals surface area contributed by atoms with Crippen LogP contribution in [0, 0.1) is 0 Å². The van der Waals surface area contributed by atoms with E-state index in [1.807, 2.05) is 36.4 Å². The van der Waals surface area contributed by atoms with Crippen molar-refractivity contribution in [3.63, 3.8) is 0 Å². The summed E-state index contributed by atoms with van der Waals surface area (Å²) in [6, 6.07) is 20.3. The Kier molecular flexibility index (Phi) is 6.58. The summed E-state index contributed by atoms with van der Waals surface area (Å²) in [5, 5.41) is 11.6. The molecule has 0 fully saturated rings. The van der Waals surface area contributed by atoms with E-state index < -0.39 is 20.5 Å². The van der Waals surface area contributed by atoms with Gasteiger partial charge in [0.1, 0.15) is 6.10 Å². The number of rotatable bonds is 7. The lowest BCUT2D eigenvalue weighted by molar-refractivity contribution is 0.0310. The average molecular weight is 374 g/mol. The SMILES string of the molecule is CC(C)(C)[Si](OCC(CO)OC(N)=O)(c1ccccc1)c1ccccc1. The normalized spacial score (nSPS) is 13.2. The summed E-state index contributed by atoms with van der Waals surface area (Å²) in [6.07, 6.45) is -1.72. The largest absolute Gasteiger partial charge is 0.442 e. The Morgan fingerprint density at radius 3 is 1.85 bits per heavy atom. The molecule has 0 aliphatic rings. The number of primary amides is 1. The van der Waals surface area contributed by atoms with E-state index in [-0.39, 0.29) is 18.3 Å². The first-order chi connectivity index (χ1) is 12.3. The van der Waals surface area contributed by atoms with Crippen LogP contribution in [0.25, 0.3) is 0 Å². The molecule has 26 heavy (non-hydrogen) atoms. The molecule has 0 radical (unpaired) electrons. The molecule has 1 amide bonds. The Morgan fingerprint density at radius 2 is 1.50 bits per heavy atom. The highest BCUT2D eigenvalue weighted by Crippen LogP contribution is 2.36. The molecule has 0 spiro atoms. The van der Waals surface area contributed by atoms with Crippen LogP contribution in [0.1, 0.15) is 20.8 Å². The summed E-state index contributed by atoms with van der Waals surface area (Å²) in [4.78, 5) is 11.1. The number of carbonyl (C=O) groups excluding carboxylic acids is 1. The van der Waals surface area contributed by atoms with Crippen LogP contribution in [0.15, 0.2) is 60.7 Å². The van der Waals surface area contributed by atoms with E-state index in [0.29, 0.717) is 0 Å². The van der Waals surface area contributed by atoms with Gasteiger partial charge in [-0.2, -0.15) is 0 Å². The van der Waals surface area contributed by atoms with Crippen molar-refractivity contribution < 1.29 is 19.1 Å². The predicted octanol–water partition coefficient (Wildman–Crippen LogP) is 2.02. The molecule has 0 saturated carbocycles. The second kappa shape index (κ2) is 8.49. The van der Waals surface area contributed by atoms with Gasteiger partial charge in [-0.3, -0.25) is 0 Å². The fourth-order valence-corrected chi connectivity index (χ4v) is 7.86. The lowest BCUT2D eigenvalue weighted by Gasteiger charge is -2.43. The molecule has 3 N–H and O–H groups in total. The van der Waals surface area contributed by atoms with E-state index in [0.717, 1.165) is 10.4 Å². The van der Waals surface area contributed by atoms with Crippen LogP contribution < -0.4 is 16.1 Å².